The average Bonchev–Trinajstić information content (AvgIpc) is 2.47. The van der Waals surface area contributed by atoms with Gasteiger partial charge in [0.15, 0.2) is 0 Å². The minimum Gasteiger partial charge on any atom is -0.491 e. The first-order valence-electron chi connectivity index (χ1n) is 7.72. The summed E-state index contributed by atoms with van der Waals surface area (Å²) in [5, 5.41) is 10.8. The Labute approximate surface area is 122 Å². The Balaban J connectivity index is 2.20. The van der Waals surface area contributed by atoms with Gasteiger partial charge in [0.2, 0.25) is 0 Å². The van der Waals surface area contributed by atoms with Crippen LogP contribution in [-0.2, 0) is 0 Å². The molecule has 3 nitrogen and oxygen atoms in total. The molecule has 0 saturated heterocycles. The third-order valence-electron chi connectivity index (χ3n) is 4.38. The van der Waals surface area contributed by atoms with Gasteiger partial charge in [-0.2, -0.15) is 0 Å². The highest BCUT2D eigenvalue weighted by atomic mass is 16.5. The average molecular weight is 277 g/mol. The summed E-state index contributed by atoms with van der Waals surface area (Å²) in [6.07, 6.45) is 5.25. The van der Waals surface area contributed by atoms with Crippen LogP contribution in [0.2, 0.25) is 0 Å². The van der Waals surface area contributed by atoms with Gasteiger partial charge in [0.1, 0.15) is 5.75 Å². The molecule has 112 valence electrons. The second kappa shape index (κ2) is 6.59. The van der Waals surface area contributed by atoms with E-state index in [1.54, 1.807) is 0 Å². The minimum atomic E-state index is -0.497. The van der Waals surface area contributed by atoms with Gasteiger partial charge in [-0.1, -0.05) is 31.4 Å². The SMILES string of the molecule is CC(C)Oc1cccc(C(O)C2(CN)CCCCC2)c1. The smallest absolute Gasteiger partial charge is 0.120 e. The summed E-state index contributed by atoms with van der Waals surface area (Å²) < 4.78 is 5.72. The lowest BCUT2D eigenvalue weighted by Gasteiger charge is -2.40. The topological polar surface area (TPSA) is 55.5 Å². The zero-order chi connectivity index (χ0) is 14.6. The molecule has 1 atom stereocenters. The summed E-state index contributed by atoms with van der Waals surface area (Å²) in [5.41, 5.74) is 6.77. The first-order chi connectivity index (χ1) is 9.57. The highest BCUT2D eigenvalue weighted by Crippen LogP contribution is 2.45. The minimum absolute atomic E-state index is 0.139. The molecule has 20 heavy (non-hydrogen) atoms. The number of hydrogen-bond acceptors (Lipinski definition) is 3. The predicted molar refractivity (Wildman–Crippen MR) is 81.7 cm³/mol. The molecular weight excluding hydrogens is 250 g/mol. The zero-order valence-electron chi connectivity index (χ0n) is 12.6. The van der Waals surface area contributed by atoms with Crippen molar-refractivity contribution in [2.45, 2.75) is 58.2 Å². The molecule has 0 aliphatic heterocycles. The lowest BCUT2D eigenvalue weighted by molar-refractivity contribution is 0.000517. The van der Waals surface area contributed by atoms with E-state index in [-0.39, 0.29) is 11.5 Å². The Morgan fingerprint density at radius 1 is 1.25 bits per heavy atom. The van der Waals surface area contributed by atoms with Crippen molar-refractivity contribution in [3.8, 4) is 5.75 Å². The molecule has 2 rings (SSSR count). The van der Waals surface area contributed by atoms with Crippen molar-refractivity contribution in [2.24, 2.45) is 11.1 Å². The van der Waals surface area contributed by atoms with Gasteiger partial charge in [-0.15, -0.1) is 0 Å². The molecule has 0 aromatic heterocycles. The molecule has 1 unspecified atom stereocenters. The monoisotopic (exact) mass is 277 g/mol. The third kappa shape index (κ3) is 3.33. The van der Waals surface area contributed by atoms with Crippen LogP contribution in [0.25, 0.3) is 0 Å². The second-order valence-corrected chi connectivity index (χ2v) is 6.27. The van der Waals surface area contributed by atoms with Crippen LogP contribution in [-0.4, -0.2) is 17.8 Å². The largest absolute Gasteiger partial charge is 0.491 e. The first kappa shape index (κ1) is 15.3. The normalized spacial score (nSPS) is 19.9. The van der Waals surface area contributed by atoms with E-state index in [1.807, 2.05) is 38.1 Å². The van der Waals surface area contributed by atoms with Gasteiger partial charge < -0.3 is 15.6 Å². The Kier molecular flexibility index (Phi) is 5.06. The van der Waals surface area contributed by atoms with Crippen LogP contribution in [0.15, 0.2) is 24.3 Å². The number of benzene rings is 1. The number of rotatable bonds is 5. The molecule has 3 N–H and O–H groups in total. The fourth-order valence-corrected chi connectivity index (χ4v) is 3.23. The van der Waals surface area contributed by atoms with Crippen molar-refractivity contribution in [3.63, 3.8) is 0 Å². The third-order valence-corrected chi connectivity index (χ3v) is 4.38. The van der Waals surface area contributed by atoms with Gasteiger partial charge in [-0.05, 0) is 44.4 Å². The molecule has 0 spiro atoms. The van der Waals surface area contributed by atoms with Crippen molar-refractivity contribution in [2.75, 3.05) is 6.54 Å². The zero-order valence-corrected chi connectivity index (χ0v) is 12.6. The van der Waals surface area contributed by atoms with Gasteiger partial charge >= 0.3 is 0 Å². The summed E-state index contributed by atoms with van der Waals surface area (Å²) in [5.74, 6) is 0.819. The number of hydrogen-bond donors (Lipinski definition) is 2. The summed E-state index contributed by atoms with van der Waals surface area (Å²) in [6, 6.07) is 7.82. The van der Waals surface area contributed by atoms with Crippen LogP contribution >= 0.6 is 0 Å². The molecule has 1 aromatic rings. The highest BCUT2D eigenvalue weighted by molar-refractivity contribution is 5.31. The number of ether oxygens (including phenoxy) is 1. The molecule has 0 heterocycles. The fourth-order valence-electron chi connectivity index (χ4n) is 3.23. The molecule has 0 radical (unpaired) electrons. The van der Waals surface area contributed by atoms with Gasteiger partial charge in [0, 0.05) is 12.0 Å². The van der Waals surface area contributed by atoms with E-state index < -0.39 is 6.10 Å². The lowest BCUT2D eigenvalue weighted by Crippen LogP contribution is -2.38. The molecule has 1 aliphatic rings. The van der Waals surface area contributed by atoms with E-state index in [0.29, 0.717) is 6.54 Å². The maximum Gasteiger partial charge on any atom is 0.120 e. The predicted octanol–water partition coefficient (Wildman–Crippen LogP) is 3.42. The molecular formula is C17H27NO2. The Hall–Kier alpha value is -1.06. The van der Waals surface area contributed by atoms with Gasteiger partial charge in [-0.3, -0.25) is 0 Å². The van der Waals surface area contributed by atoms with E-state index in [0.717, 1.165) is 37.0 Å². The number of nitrogens with two attached hydrogens (primary N) is 1. The molecule has 3 heteroatoms. The van der Waals surface area contributed by atoms with Crippen molar-refractivity contribution in [1.82, 2.24) is 0 Å². The number of aliphatic hydroxyl groups excluding tert-OH is 1. The van der Waals surface area contributed by atoms with E-state index in [2.05, 4.69) is 0 Å². The summed E-state index contributed by atoms with van der Waals surface area (Å²) in [7, 11) is 0. The maximum absolute atomic E-state index is 10.8. The molecule has 1 aliphatic carbocycles. The summed E-state index contributed by atoms with van der Waals surface area (Å²) >= 11 is 0. The van der Waals surface area contributed by atoms with E-state index in [4.69, 9.17) is 10.5 Å². The van der Waals surface area contributed by atoms with Crippen LogP contribution < -0.4 is 10.5 Å². The Morgan fingerprint density at radius 2 is 1.95 bits per heavy atom. The molecule has 0 amide bonds. The summed E-state index contributed by atoms with van der Waals surface area (Å²) in [4.78, 5) is 0. The van der Waals surface area contributed by atoms with Crippen molar-refractivity contribution in [1.29, 1.82) is 0 Å². The Morgan fingerprint density at radius 3 is 2.55 bits per heavy atom. The Bertz CT molecular complexity index is 425. The van der Waals surface area contributed by atoms with Crippen LogP contribution in [0.1, 0.15) is 57.6 Å². The van der Waals surface area contributed by atoms with E-state index >= 15 is 0 Å². The molecule has 1 fully saturated rings. The summed E-state index contributed by atoms with van der Waals surface area (Å²) in [6.45, 7) is 4.56. The van der Waals surface area contributed by atoms with Gasteiger partial charge in [-0.25, -0.2) is 0 Å². The molecule has 1 aromatic carbocycles. The quantitative estimate of drug-likeness (QED) is 0.867. The highest BCUT2D eigenvalue weighted by Gasteiger charge is 2.38. The maximum atomic E-state index is 10.8. The van der Waals surface area contributed by atoms with Crippen LogP contribution in [0.4, 0.5) is 0 Å². The van der Waals surface area contributed by atoms with E-state index in [9.17, 15) is 5.11 Å². The van der Waals surface area contributed by atoms with Crippen molar-refractivity contribution in [3.05, 3.63) is 29.8 Å². The first-order valence-corrected chi connectivity index (χ1v) is 7.72. The van der Waals surface area contributed by atoms with Crippen LogP contribution in [0.5, 0.6) is 5.75 Å². The second-order valence-electron chi connectivity index (χ2n) is 6.27. The standard InChI is InChI=1S/C17H27NO2/c1-13(2)20-15-8-6-7-14(11-15)16(19)17(12-18)9-4-3-5-10-17/h6-8,11,13,16,19H,3-5,9-10,12,18H2,1-2H3. The van der Waals surface area contributed by atoms with Crippen LogP contribution in [0.3, 0.4) is 0 Å². The molecule has 0 bridgehead atoms. The van der Waals surface area contributed by atoms with E-state index in [1.165, 1.54) is 6.42 Å². The van der Waals surface area contributed by atoms with Crippen LogP contribution in [0, 0.1) is 5.41 Å². The van der Waals surface area contributed by atoms with Crippen molar-refractivity contribution < 1.29 is 9.84 Å². The van der Waals surface area contributed by atoms with Gasteiger partial charge in [0.25, 0.3) is 0 Å². The fraction of sp³-hybridized carbons (Fsp3) is 0.647. The molecule has 1 saturated carbocycles. The number of aliphatic hydroxyl groups is 1. The van der Waals surface area contributed by atoms with Gasteiger partial charge in [0.05, 0.1) is 12.2 Å². The lowest BCUT2D eigenvalue weighted by atomic mass is 9.68. The van der Waals surface area contributed by atoms with Crippen molar-refractivity contribution >= 4 is 0 Å².